The summed E-state index contributed by atoms with van der Waals surface area (Å²) in [5, 5.41) is 6.85. The summed E-state index contributed by atoms with van der Waals surface area (Å²) in [5.74, 6) is -1.39. The molecule has 1 aromatic carbocycles. The monoisotopic (exact) mass is 551 g/mol. The fraction of sp³-hybridized carbons (Fsp3) is 0.296. The molecule has 4 aromatic rings. The second-order valence-electron chi connectivity index (χ2n) is 10.1. The van der Waals surface area contributed by atoms with Gasteiger partial charge in [0.2, 0.25) is 0 Å². The molecule has 4 heterocycles. The SMILES string of the molecule is Cc1ccc(NC(=O)c2c(N)nn3ccc(-c4cc5c(c(OC(F)(F)F)c4)C(=O)N([C@@H](C)C4CC4)C5)nc23)cn1. The van der Waals surface area contributed by atoms with Crippen molar-refractivity contribution in [2.45, 2.75) is 45.6 Å². The van der Waals surface area contributed by atoms with Crippen LogP contribution in [0, 0.1) is 12.8 Å². The van der Waals surface area contributed by atoms with E-state index in [9.17, 15) is 22.8 Å². The van der Waals surface area contributed by atoms with Crippen LogP contribution >= 0.6 is 0 Å². The highest BCUT2D eigenvalue weighted by Crippen LogP contribution is 2.42. The number of rotatable bonds is 6. The maximum Gasteiger partial charge on any atom is 0.573 e. The fourth-order valence-electron chi connectivity index (χ4n) is 5.01. The van der Waals surface area contributed by atoms with Crippen LogP contribution in [0.2, 0.25) is 0 Å². The van der Waals surface area contributed by atoms with Gasteiger partial charge in [-0.1, -0.05) is 0 Å². The molecule has 3 aromatic heterocycles. The number of halogens is 3. The van der Waals surface area contributed by atoms with Crippen LogP contribution in [0.15, 0.2) is 42.7 Å². The van der Waals surface area contributed by atoms with Crippen molar-refractivity contribution >= 4 is 29.0 Å². The van der Waals surface area contributed by atoms with E-state index in [1.807, 2.05) is 13.8 Å². The van der Waals surface area contributed by atoms with E-state index >= 15 is 0 Å². The van der Waals surface area contributed by atoms with Crippen LogP contribution in [-0.4, -0.2) is 48.7 Å². The van der Waals surface area contributed by atoms with E-state index in [2.05, 4.69) is 25.1 Å². The molecular formula is C27H24F3N7O3. The molecule has 0 spiro atoms. The van der Waals surface area contributed by atoms with Crippen LogP contribution in [0.3, 0.4) is 0 Å². The number of hydrogen-bond acceptors (Lipinski definition) is 7. The normalized spacial score (nSPS) is 15.8. The van der Waals surface area contributed by atoms with Crippen molar-refractivity contribution in [3.05, 3.63) is 65.1 Å². The van der Waals surface area contributed by atoms with Crippen molar-refractivity contribution in [1.29, 1.82) is 0 Å². The number of alkyl halides is 3. The van der Waals surface area contributed by atoms with E-state index in [0.717, 1.165) is 24.6 Å². The number of nitrogens with one attached hydrogen (secondary N) is 1. The molecule has 0 bridgehead atoms. The number of aryl methyl sites for hydroxylation is 1. The molecule has 2 aliphatic rings. The molecule has 2 amide bonds. The number of aromatic nitrogens is 4. The number of carbonyl (C=O) groups is 2. The van der Waals surface area contributed by atoms with E-state index in [-0.39, 0.29) is 46.4 Å². The van der Waals surface area contributed by atoms with Crippen molar-refractivity contribution in [1.82, 2.24) is 24.5 Å². The molecule has 1 atom stereocenters. The van der Waals surface area contributed by atoms with Crippen molar-refractivity contribution in [3.8, 4) is 17.0 Å². The molecule has 0 saturated heterocycles. The number of ether oxygens (including phenoxy) is 1. The van der Waals surface area contributed by atoms with E-state index < -0.39 is 23.9 Å². The third kappa shape index (κ3) is 4.67. The van der Waals surface area contributed by atoms with Crippen molar-refractivity contribution in [2.75, 3.05) is 11.1 Å². The topological polar surface area (TPSA) is 128 Å². The highest BCUT2D eigenvalue weighted by atomic mass is 19.4. The number of benzene rings is 1. The lowest BCUT2D eigenvalue weighted by molar-refractivity contribution is -0.274. The summed E-state index contributed by atoms with van der Waals surface area (Å²) in [5.41, 5.74) is 8.18. The molecule has 1 aliphatic carbocycles. The molecule has 10 nitrogen and oxygen atoms in total. The van der Waals surface area contributed by atoms with Gasteiger partial charge in [-0.05, 0) is 68.5 Å². The Kier molecular flexibility index (Phi) is 5.89. The number of hydrogen-bond donors (Lipinski definition) is 2. The van der Waals surface area contributed by atoms with Crippen molar-refractivity contribution in [2.24, 2.45) is 5.92 Å². The van der Waals surface area contributed by atoms with Gasteiger partial charge in [0.05, 0.1) is 23.1 Å². The summed E-state index contributed by atoms with van der Waals surface area (Å²) in [4.78, 5) is 36.5. The van der Waals surface area contributed by atoms with Gasteiger partial charge in [-0.3, -0.25) is 14.6 Å². The van der Waals surface area contributed by atoms with Gasteiger partial charge in [0, 0.05) is 30.0 Å². The zero-order chi connectivity index (χ0) is 28.3. The van der Waals surface area contributed by atoms with E-state index in [1.165, 1.54) is 23.0 Å². The number of amides is 2. The number of fused-ring (bicyclic) bond motifs is 2. The number of anilines is 2. The molecule has 0 unspecified atom stereocenters. The Labute approximate surface area is 226 Å². The van der Waals surface area contributed by atoms with Crippen LogP contribution in [-0.2, 0) is 6.54 Å². The summed E-state index contributed by atoms with van der Waals surface area (Å²) < 4.78 is 45.8. The molecule has 40 heavy (non-hydrogen) atoms. The molecule has 1 aliphatic heterocycles. The first kappa shape index (κ1) is 25.6. The third-order valence-corrected chi connectivity index (χ3v) is 7.23. The Morgan fingerprint density at radius 3 is 2.67 bits per heavy atom. The number of nitrogens with two attached hydrogens (primary N) is 1. The first-order chi connectivity index (χ1) is 19.0. The lowest BCUT2D eigenvalue weighted by atomic mass is 10.0. The van der Waals surface area contributed by atoms with Gasteiger partial charge in [-0.15, -0.1) is 18.3 Å². The minimum absolute atomic E-state index is 0.00467. The highest BCUT2D eigenvalue weighted by molar-refractivity contribution is 6.11. The largest absolute Gasteiger partial charge is 0.573 e. The van der Waals surface area contributed by atoms with Crippen LogP contribution in [0.4, 0.5) is 24.7 Å². The maximum atomic E-state index is 13.4. The summed E-state index contributed by atoms with van der Waals surface area (Å²) in [6.07, 6.45) is -0.0479. The summed E-state index contributed by atoms with van der Waals surface area (Å²) >= 11 is 0. The van der Waals surface area contributed by atoms with Gasteiger partial charge >= 0.3 is 6.36 Å². The van der Waals surface area contributed by atoms with Crippen LogP contribution in [0.25, 0.3) is 16.9 Å². The van der Waals surface area contributed by atoms with Crippen LogP contribution in [0.1, 0.15) is 51.7 Å². The van der Waals surface area contributed by atoms with E-state index in [0.29, 0.717) is 17.2 Å². The van der Waals surface area contributed by atoms with Gasteiger partial charge in [-0.2, -0.15) is 0 Å². The number of nitrogens with zero attached hydrogens (tertiary/aromatic N) is 5. The highest BCUT2D eigenvalue weighted by Gasteiger charge is 2.42. The van der Waals surface area contributed by atoms with Gasteiger partial charge in [0.25, 0.3) is 11.8 Å². The van der Waals surface area contributed by atoms with Gasteiger partial charge in [-0.25, -0.2) is 9.50 Å². The summed E-state index contributed by atoms with van der Waals surface area (Å²) in [6.45, 7) is 3.88. The van der Waals surface area contributed by atoms with E-state index in [4.69, 9.17) is 5.73 Å². The third-order valence-electron chi connectivity index (χ3n) is 7.23. The van der Waals surface area contributed by atoms with Crippen LogP contribution < -0.4 is 15.8 Å². The lowest BCUT2D eigenvalue weighted by Crippen LogP contribution is -2.34. The van der Waals surface area contributed by atoms with Crippen LogP contribution in [0.5, 0.6) is 5.75 Å². The summed E-state index contributed by atoms with van der Waals surface area (Å²) in [7, 11) is 0. The average Bonchev–Trinajstić information content (AvgIpc) is 3.61. The van der Waals surface area contributed by atoms with E-state index in [1.54, 1.807) is 23.1 Å². The number of carbonyl (C=O) groups excluding carboxylic acids is 2. The van der Waals surface area contributed by atoms with Gasteiger partial charge < -0.3 is 20.7 Å². The number of nitrogen functional groups attached to an aromatic ring is 1. The average molecular weight is 552 g/mol. The maximum absolute atomic E-state index is 13.4. The summed E-state index contributed by atoms with van der Waals surface area (Å²) in [6, 6.07) is 7.62. The molecule has 6 rings (SSSR count). The Morgan fingerprint density at radius 2 is 2.00 bits per heavy atom. The Hall–Kier alpha value is -4.68. The smallest absolute Gasteiger partial charge is 0.405 e. The van der Waals surface area contributed by atoms with Crippen molar-refractivity contribution in [3.63, 3.8) is 0 Å². The fourth-order valence-corrected chi connectivity index (χ4v) is 5.01. The zero-order valence-corrected chi connectivity index (χ0v) is 21.5. The zero-order valence-electron chi connectivity index (χ0n) is 21.5. The Morgan fingerprint density at radius 1 is 1.23 bits per heavy atom. The first-order valence-corrected chi connectivity index (χ1v) is 12.6. The first-order valence-electron chi connectivity index (χ1n) is 12.6. The van der Waals surface area contributed by atoms with Gasteiger partial charge in [0.1, 0.15) is 11.3 Å². The minimum Gasteiger partial charge on any atom is -0.405 e. The standard InChI is InChI=1S/C27H24F3N7O3/c1-13-3-6-18(11-32-13)33-25(38)22-23(31)35-37-8-7-19(34-24(22)37)16-9-17-12-36(14(2)15-4-5-15)26(39)21(17)20(10-16)40-27(28,29)30/h3,6-11,14-15H,4-5,12H2,1-2H3,(H2,31,35)(H,33,38)/t14-/m0/s1. The molecular weight excluding hydrogens is 527 g/mol. The predicted octanol–water partition coefficient (Wildman–Crippen LogP) is 4.59. The Bertz CT molecular complexity index is 1660. The molecule has 0 radical (unpaired) electrons. The van der Waals surface area contributed by atoms with Crippen molar-refractivity contribution < 1.29 is 27.5 Å². The Balaban J connectivity index is 1.40. The second kappa shape index (κ2) is 9.21. The molecule has 3 N–H and O–H groups in total. The second-order valence-corrected chi connectivity index (χ2v) is 10.1. The molecule has 13 heteroatoms. The van der Waals surface area contributed by atoms with Gasteiger partial charge in [0.15, 0.2) is 11.5 Å². The molecule has 206 valence electrons. The quantitative estimate of drug-likeness (QED) is 0.359. The lowest BCUT2D eigenvalue weighted by Gasteiger charge is -2.24. The number of pyridine rings is 1. The molecule has 1 fully saturated rings. The minimum atomic E-state index is -5.00. The predicted molar refractivity (Wildman–Crippen MR) is 139 cm³/mol. The molecule has 1 saturated carbocycles.